The Morgan fingerprint density at radius 2 is 2.00 bits per heavy atom. The first kappa shape index (κ1) is 25.4. The molecule has 2 heterocycles. The molecule has 170 valence electrons. The van der Waals surface area contributed by atoms with E-state index in [1.807, 2.05) is 0 Å². The molecule has 1 unspecified atom stereocenters. The molecule has 2 N–H and O–H groups in total. The Bertz CT molecular complexity index is 596. The quantitative estimate of drug-likeness (QED) is 0.222. The van der Waals surface area contributed by atoms with Crippen molar-refractivity contribution < 1.29 is 9.47 Å². The highest BCUT2D eigenvalue weighted by Crippen LogP contribution is 2.14. The molecule has 0 spiro atoms. The topological polar surface area (TPSA) is 58.1 Å². The van der Waals surface area contributed by atoms with Gasteiger partial charge in [0.25, 0.3) is 0 Å². The van der Waals surface area contributed by atoms with Crippen molar-refractivity contribution >= 4 is 29.9 Å². The zero-order valence-corrected chi connectivity index (χ0v) is 20.7. The maximum absolute atomic E-state index is 5.95. The third kappa shape index (κ3) is 9.49. The third-order valence-electron chi connectivity index (χ3n) is 5.53. The fraction of sp³-hybridized carbons (Fsp3) is 0.696. The van der Waals surface area contributed by atoms with Crippen LogP contribution in [0.15, 0.2) is 35.3 Å². The van der Waals surface area contributed by atoms with Crippen molar-refractivity contribution in [1.29, 1.82) is 0 Å². The largest absolute Gasteiger partial charge is 0.381 e. The van der Waals surface area contributed by atoms with Crippen molar-refractivity contribution in [2.45, 2.75) is 57.7 Å². The second-order valence-electron chi connectivity index (χ2n) is 8.00. The standard InChI is InChI=1S/C23H38N4O2.HI/c1-2-24-23(25-13-7-15-29-22-11-16-28-17-12-22)26-21-10-6-14-27(19-21)18-20-8-4-3-5-9-20;/h3-5,8-9,21-22H,2,6-7,10-19H2,1H3,(H2,24,25,26);1H. The van der Waals surface area contributed by atoms with E-state index in [4.69, 9.17) is 14.5 Å². The minimum absolute atomic E-state index is 0. The fourth-order valence-corrected chi connectivity index (χ4v) is 4.02. The van der Waals surface area contributed by atoms with Crippen molar-refractivity contribution in [2.24, 2.45) is 4.99 Å². The van der Waals surface area contributed by atoms with Crippen LogP contribution in [0.4, 0.5) is 0 Å². The summed E-state index contributed by atoms with van der Waals surface area (Å²) < 4.78 is 11.3. The van der Waals surface area contributed by atoms with Gasteiger partial charge < -0.3 is 20.1 Å². The van der Waals surface area contributed by atoms with Crippen LogP contribution < -0.4 is 10.6 Å². The molecule has 3 rings (SSSR count). The average molecular weight is 530 g/mol. The normalized spacial score (nSPS) is 21.1. The van der Waals surface area contributed by atoms with Gasteiger partial charge in [0.1, 0.15) is 0 Å². The summed E-state index contributed by atoms with van der Waals surface area (Å²) >= 11 is 0. The Hall–Kier alpha value is -0.900. The molecule has 2 aliphatic heterocycles. The van der Waals surface area contributed by atoms with Gasteiger partial charge >= 0.3 is 0 Å². The molecule has 0 amide bonds. The highest BCUT2D eigenvalue weighted by atomic mass is 127. The van der Waals surface area contributed by atoms with E-state index in [1.165, 1.54) is 24.9 Å². The highest BCUT2D eigenvalue weighted by Gasteiger charge is 2.20. The average Bonchev–Trinajstić information content (AvgIpc) is 2.75. The maximum Gasteiger partial charge on any atom is 0.191 e. The summed E-state index contributed by atoms with van der Waals surface area (Å²) in [6.45, 7) is 9.49. The van der Waals surface area contributed by atoms with E-state index in [2.05, 4.69) is 52.8 Å². The van der Waals surface area contributed by atoms with Gasteiger partial charge in [-0.05, 0) is 51.1 Å². The third-order valence-corrected chi connectivity index (χ3v) is 5.53. The minimum atomic E-state index is 0. The number of likely N-dealkylation sites (tertiary alicyclic amines) is 1. The van der Waals surface area contributed by atoms with Gasteiger partial charge in [0.15, 0.2) is 5.96 Å². The first-order valence-electron chi connectivity index (χ1n) is 11.3. The fourth-order valence-electron chi connectivity index (χ4n) is 4.02. The van der Waals surface area contributed by atoms with Crippen LogP contribution in [0.3, 0.4) is 0 Å². The summed E-state index contributed by atoms with van der Waals surface area (Å²) in [5, 5.41) is 7.05. The van der Waals surface area contributed by atoms with Crippen LogP contribution in [0.25, 0.3) is 0 Å². The van der Waals surface area contributed by atoms with Gasteiger partial charge in [0.05, 0.1) is 6.10 Å². The molecule has 0 saturated carbocycles. The Balaban J connectivity index is 0.00000320. The van der Waals surface area contributed by atoms with Crippen molar-refractivity contribution in [3.8, 4) is 0 Å². The van der Waals surface area contributed by atoms with Crippen LogP contribution in [0.1, 0.15) is 44.6 Å². The molecule has 1 aromatic carbocycles. The van der Waals surface area contributed by atoms with Crippen LogP contribution >= 0.6 is 24.0 Å². The zero-order chi connectivity index (χ0) is 20.2. The van der Waals surface area contributed by atoms with Gasteiger partial charge in [-0.3, -0.25) is 9.89 Å². The van der Waals surface area contributed by atoms with Crippen LogP contribution in [0.2, 0.25) is 0 Å². The summed E-state index contributed by atoms with van der Waals surface area (Å²) in [6, 6.07) is 11.2. The highest BCUT2D eigenvalue weighted by molar-refractivity contribution is 14.0. The molecule has 1 atom stereocenters. The number of hydrogen-bond acceptors (Lipinski definition) is 4. The predicted molar refractivity (Wildman–Crippen MR) is 134 cm³/mol. The lowest BCUT2D eigenvalue weighted by Crippen LogP contribution is -2.51. The second kappa shape index (κ2) is 15.0. The molecule has 0 aliphatic carbocycles. The number of hydrogen-bond donors (Lipinski definition) is 2. The smallest absolute Gasteiger partial charge is 0.191 e. The molecule has 1 aromatic rings. The number of benzene rings is 1. The van der Waals surface area contributed by atoms with E-state index >= 15 is 0 Å². The van der Waals surface area contributed by atoms with Crippen molar-refractivity contribution in [1.82, 2.24) is 15.5 Å². The van der Waals surface area contributed by atoms with Gasteiger partial charge in [-0.25, -0.2) is 0 Å². The Kier molecular flexibility index (Phi) is 12.7. The molecular weight excluding hydrogens is 491 g/mol. The molecule has 30 heavy (non-hydrogen) atoms. The Labute approximate surface area is 199 Å². The molecule has 6 nitrogen and oxygen atoms in total. The van der Waals surface area contributed by atoms with Gasteiger partial charge in [0.2, 0.25) is 0 Å². The van der Waals surface area contributed by atoms with Crippen LogP contribution in [0, 0.1) is 0 Å². The number of guanidine groups is 1. The maximum atomic E-state index is 5.95. The number of aliphatic imine (C=N–C) groups is 1. The molecule has 2 aliphatic rings. The molecular formula is C23H39IN4O2. The van der Waals surface area contributed by atoms with Gasteiger partial charge in [0, 0.05) is 52.0 Å². The lowest BCUT2D eigenvalue weighted by Gasteiger charge is -2.34. The number of rotatable bonds is 9. The lowest BCUT2D eigenvalue weighted by atomic mass is 10.0. The minimum Gasteiger partial charge on any atom is -0.381 e. The van der Waals surface area contributed by atoms with Gasteiger partial charge in [-0.15, -0.1) is 24.0 Å². The molecule has 7 heteroatoms. The van der Waals surface area contributed by atoms with Crippen LogP contribution in [-0.4, -0.2) is 69.0 Å². The van der Waals surface area contributed by atoms with E-state index in [9.17, 15) is 0 Å². The van der Waals surface area contributed by atoms with Crippen LogP contribution in [-0.2, 0) is 16.0 Å². The molecule has 2 fully saturated rings. The molecule has 0 bridgehead atoms. The van der Waals surface area contributed by atoms with E-state index in [-0.39, 0.29) is 24.0 Å². The molecule has 0 aromatic heterocycles. The second-order valence-corrected chi connectivity index (χ2v) is 8.00. The summed E-state index contributed by atoms with van der Waals surface area (Å²) in [6.07, 6.45) is 5.80. The number of nitrogens with zero attached hydrogens (tertiary/aromatic N) is 2. The first-order chi connectivity index (χ1) is 14.3. The first-order valence-corrected chi connectivity index (χ1v) is 11.3. The monoisotopic (exact) mass is 530 g/mol. The zero-order valence-electron chi connectivity index (χ0n) is 18.4. The summed E-state index contributed by atoms with van der Waals surface area (Å²) in [4.78, 5) is 7.31. The number of piperidine rings is 1. The Morgan fingerprint density at radius 1 is 1.20 bits per heavy atom. The van der Waals surface area contributed by atoms with E-state index in [0.717, 1.165) is 71.2 Å². The molecule has 2 saturated heterocycles. The summed E-state index contributed by atoms with van der Waals surface area (Å²) in [5.74, 6) is 0.935. The number of nitrogens with one attached hydrogen (secondary N) is 2. The van der Waals surface area contributed by atoms with E-state index in [0.29, 0.717) is 12.1 Å². The van der Waals surface area contributed by atoms with Crippen molar-refractivity contribution in [3.63, 3.8) is 0 Å². The van der Waals surface area contributed by atoms with Crippen LogP contribution in [0.5, 0.6) is 0 Å². The molecule has 0 radical (unpaired) electrons. The number of ether oxygens (including phenoxy) is 2. The van der Waals surface area contributed by atoms with Crippen molar-refractivity contribution in [3.05, 3.63) is 35.9 Å². The van der Waals surface area contributed by atoms with Gasteiger partial charge in [-0.2, -0.15) is 0 Å². The Morgan fingerprint density at radius 3 is 2.77 bits per heavy atom. The summed E-state index contributed by atoms with van der Waals surface area (Å²) in [5.41, 5.74) is 1.39. The predicted octanol–water partition coefficient (Wildman–Crippen LogP) is 3.41. The van der Waals surface area contributed by atoms with E-state index < -0.39 is 0 Å². The SMILES string of the molecule is CCNC(=NCCCOC1CCOCC1)NC1CCCN(Cc2ccccc2)C1.I. The van der Waals surface area contributed by atoms with Gasteiger partial charge in [-0.1, -0.05) is 30.3 Å². The van der Waals surface area contributed by atoms with E-state index in [1.54, 1.807) is 0 Å². The summed E-state index contributed by atoms with van der Waals surface area (Å²) in [7, 11) is 0. The lowest BCUT2D eigenvalue weighted by molar-refractivity contribution is -0.0318. The van der Waals surface area contributed by atoms with Crippen molar-refractivity contribution in [2.75, 3.05) is 46.0 Å². The number of halogens is 1.